The van der Waals surface area contributed by atoms with Crippen LogP contribution in [0.5, 0.6) is 23.0 Å². The number of benzene rings is 3. The van der Waals surface area contributed by atoms with Gasteiger partial charge in [0, 0.05) is 28.8 Å². The number of ether oxygens (including phenoxy) is 2. The van der Waals surface area contributed by atoms with Crippen LogP contribution in [0, 0.1) is 0 Å². The third-order valence-corrected chi connectivity index (χ3v) is 5.59. The summed E-state index contributed by atoms with van der Waals surface area (Å²) in [4.78, 5) is 12.5. The van der Waals surface area contributed by atoms with Gasteiger partial charge in [0.15, 0.2) is 5.60 Å². The zero-order valence-corrected chi connectivity index (χ0v) is 21.8. The van der Waals surface area contributed by atoms with E-state index in [0.29, 0.717) is 33.8 Å². The molecule has 7 nitrogen and oxygen atoms in total. The Labute approximate surface area is 219 Å². The lowest BCUT2D eigenvalue weighted by Gasteiger charge is -2.36. The van der Waals surface area contributed by atoms with Gasteiger partial charge in [-0.05, 0) is 56.3 Å². The fourth-order valence-electron chi connectivity index (χ4n) is 4.12. The van der Waals surface area contributed by atoms with Gasteiger partial charge in [0.25, 0.3) is 0 Å². The number of fused-ring (bicyclic) bond motifs is 6. The quantitative estimate of drug-likeness (QED) is 0.249. The van der Waals surface area contributed by atoms with Crippen LogP contribution in [0.2, 0.25) is 0 Å². The molecule has 9 heteroatoms. The summed E-state index contributed by atoms with van der Waals surface area (Å²) in [6.45, 7) is 1.61. The average molecular weight is 596 g/mol. The first kappa shape index (κ1) is 27.7. The number of phenolic OH excluding ortho intramolecular Hbond substituents is 2. The number of phenols is 2. The van der Waals surface area contributed by atoms with E-state index in [4.69, 9.17) is 20.9 Å². The molecule has 2 aliphatic rings. The molecule has 0 aromatic heterocycles. The van der Waals surface area contributed by atoms with Crippen LogP contribution in [-0.4, -0.2) is 29.3 Å². The van der Waals surface area contributed by atoms with Crippen LogP contribution in [0.25, 0.3) is 0 Å². The Morgan fingerprint density at radius 3 is 1.79 bits per heavy atom. The Bertz CT molecular complexity index is 1100. The second kappa shape index (κ2) is 11.7. The van der Waals surface area contributed by atoms with Gasteiger partial charge in [-0.2, -0.15) is 0 Å². The number of esters is 1. The standard InChI is InChI=1S/C20H12O5.C5H14N2.2BrH/c21-11-5-7-15-17(9-11)24-18-10-12(22)6-8-16(18)20(15)14-4-2-1-3-13(14)19(23)25-20;6-4-2-1-3-5-7;;/h1-10,21-22H;1-7H2;2*1H. The fraction of sp³-hybridized carbons (Fsp3) is 0.240. The Balaban J connectivity index is 0.000000402. The zero-order chi connectivity index (χ0) is 22.7. The highest BCUT2D eigenvalue weighted by atomic mass is 79.9. The van der Waals surface area contributed by atoms with E-state index in [1.807, 2.05) is 12.1 Å². The Morgan fingerprint density at radius 2 is 1.26 bits per heavy atom. The van der Waals surface area contributed by atoms with E-state index in [1.54, 1.807) is 24.3 Å². The predicted molar refractivity (Wildman–Crippen MR) is 141 cm³/mol. The average Bonchev–Trinajstić information content (AvgIpc) is 3.07. The van der Waals surface area contributed by atoms with Crippen molar-refractivity contribution >= 4 is 39.9 Å². The van der Waals surface area contributed by atoms with Gasteiger partial charge >= 0.3 is 5.97 Å². The SMILES string of the molecule is Br.Br.NCCCCCN.O=C1OC2(c3ccc(O)cc3Oc3cc(O)ccc32)c2ccccc21. The molecule has 0 saturated heterocycles. The molecule has 0 radical (unpaired) electrons. The largest absolute Gasteiger partial charge is 0.508 e. The molecule has 0 unspecified atom stereocenters. The minimum absolute atomic E-state index is 0. The first-order valence-electron chi connectivity index (χ1n) is 10.6. The van der Waals surface area contributed by atoms with Crippen LogP contribution >= 0.6 is 34.0 Å². The van der Waals surface area contributed by atoms with Crippen molar-refractivity contribution in [1.29, 1.82) is 0 Å². The molecule has 0 fully saturated rings. The number of carbonyl (C=O) groups is 1. The molecule has 6 N–H and O–H groups in total. The zero-order valence-electron chi connectivity index (χ0n) is 18.4. The van der Waals surface area contributed by atoms with Crippen molar-refractivity contribution in [3.63, 3.8) is 0 Å². The van der Waals surface area contributed by atoms with Gasteiger partial charge in [0.05, 0.1) is 5.56 Å². The molecule has 182 valence electrons. The van der Waals surface area contributed by atoms with E-state index in [9.17, 15) is 15.0 Å². The second-order valence-electron chi connectivity index (χ2n) is 7.72. The molecule has 0 aliphatic carbocycles. The molecule has 1 spiro atoms. The highest BCUT2D eigenvalue weighted by molar-refractivity contribution is 8.93. The number of hydrogen-bond donors (Lipinski definition) is 4. The molecule has 3 aromatic rings. The Hall–Kier alpha value is -2.59. The van der Waals surface area contributed by atoms with Crippen LogP contribution in [-0.2, 0) is 10.3 Å². The maximum Gasteiger partial charge on any atom is 0.340 e. The van der Waals surface area contributed by atoms with Crippen LogP contribution in [0.1, 0.15) is 46.3 Å². The lowest BCUT2D eigenvalue weighted by atomic mass is 9.77. The molecular weight excluding hydrogens is 568 g/mol. The van der Waals surface area contributed by atoms with Crippen LogP contribution in [0.4, 0.5) is 0 Å². The first-order chi connectivity index (χ1) is 15.5. The van der Waals surface area contributed by atoms with Crippen molar-refractivity contribution in [1.82, 2.24) is 0 Å². The number of unbranched alkanes of at least 4 members (excludes halogenated alkanes) is 2. The highest BCUT2D eigenvalue weighted by Crippen LogP contribution is 2.56. The molecule has 5 rings (SSSR count). The summed E-state index contributed by atoms with van der Waals surface area (Å²) in [6, 6.07) is 16.6. The van der Waals surface area contributed by atoms with Gasteiger partial charge in [0.1, 0.15) is 23.0 Å². The van der Waals surface area contributed by atoms with E-state index in [2.05, 4.69) is 0 Å². The molecule has 2 aliphatic heterocycles. The Morgan fingerprint density at radius 1 is 0.735 bits per heavy atom. The lowest BCUT2D eigenvalue weighted by Crippen LogP contribution is -2.32. The number of nitrogens with two attached hydrogens (primary N) is 2. The summed E-state index contributed by atoms with van der Waals surface area (Å²) in [5.74, 6) is 0.408. The van der Waals surface area contributed by atoms with Gasteiger partial charge in [-0.25, -0.2) is 4.79 Å². The van der Waals surface area contributed by atoms with E-state index in [0.717, 1.165) is 25.9 Å². The molecule has 0 amide bonds. The fourth-order valence-corrected chi connectivity index (χ4v) is 4.12. The summed E-state index contributed by atoms with van der Waals surface area (Å²) in [6.07, 6.45) is 3.43. The third kappa shape index (κ3) is 4.93. The lowest BCUT2D eigenvalue weighted by molar-refractivity contribution is 0.0224. The van der Waals surface area contributed by atoms with Crippen molar-refractivity contribution in [3.8, 4) is 23.0 Å². The Kier molecular flexibility index (Phi) is 9.52. The highest BCUT2D eigenvalue weighted by Gasteiger charge is 2.53. The predicted octanol–water partition coefficient (Wildman–Crippen LogP) is 4.90. The minimum atomic E-state index is -1.17. The van der Waals surface area contributed by atoms with Gasteiger partial charge in [-0.3, -0.25) is 0 Å². The van der Waals surface area contributed by atoms with E-state index in [-0.39, 0.29) is 45.5 Å². The number of halogens is 2. The van der Waals surface area contributed by atoms with E-state index in [1.165, 1.54) is 30.7 Å². The van der Waals surface area contributed by atoms with Crippen LogP contribution in [0.15, 0.2) is 60.7 Å². The molecule has 34 heavy (non-hydrogen) atoms. The number of hydrogen-bond acceptors (Lipinski definition) is 7. The molecule has 0 saturated carbocycles. The molecule has 3 aromatic carbocycles. The summed E-state index contributed by atoms with van der Waals surface area (Å²) in [5, 5.41) is 19.7. The number of carbonyl (C=O) groups excluding carboxylic acids is 1. The summed E-state index contributed by atoms with van der Waals surface area (Å²) in [5.41, 5.74) is 11.7. The molecule has 0 bridgehead atoms. The van der Waals surface area contributed by atoms with E-state index < -0.39 is 11.6 Å². The van der Waals surface area contributed by atoms with Crippen LogP contribution < -0.4 is 16.2 Å². The van der Waals surface area contributed by atoms with Crippen molar-refractivity contribution in [2.75, 3.05) is 13.1 Å². The summed E-state index contributed by atoms with van der Waals surface area (Å²) >= 11 is 0. The van der Waals surface area contributed by atoms with Crippen molar-refractivity contribution in [2.45, 2.75) is 24.9 Å². The van der Waals surface area contributed by atoms with Crippen molar-refractivity contribution < 1.29 is 24.5 Å². The number of rotatable bonds is 4. The topological polar surface area (TPSA) is 128 Å². The molecular formula is C25H28Br2N2O5. The summed E-state index contributed by atoms with van der Waals surface area (Å²) < 4.78 is 11.8. The molecule has 2 heterocycles. The van der Waals surface area contributed by atoms with Gasteiger partial charge < -0.3 is 31.2 Å². The van der Waals surface area contributed by atoms with Crippen LogP contribution in [0.3, 0.4) is 0 Å². The third-order valence-electron chi connectivity index (χ3n) is 5.59. The van der Waals surface area contributed by atoms with Crippen molar-refractivity contribution in [2.24, 2.45) is 11.5 Å². The molecule has 0 atom stereocenters. The number of aromatic hydroxyl groups is 2. The maximum atomic E-state index is 12.5. The van der Waals surface area contributed by atoms with Gasteiger partial charge in [-0.1, -0.05) is 24.6 Å². The smallest absolute Gasteiger partial charge is 0.340 e. The minimum Gasteiger partial charge on any atom is -0.508 e. The maximum absolute atomic E-state index is 12.5. The van der Waals surface area contributed by atoms with Crippen molar-refractivity contribution in [3.05, 3.63) is 82.9 Å². The first-order valence-corrected chi connectivity index (χ1v) is 10.6. The monoisotopic (exact) mass is 594 g/mol. The second-order valence-corrected chi connectivity index (χ2v) is 7.72. The summed E-state index contributed by atoms with van der Waals surface area (Å²) in [7, 11) is 0. The van der Waals surface area contributed by atoms with Gasteiger partial charge in [-0.15, -0.1) is 34.0 Å². The normalized spacial score (nSPS) is 13.5. The van der Waals surface area contributed by atoms with E-state index >= 15 is 0 Å². The van der Waals surface area contributed by atoms with Gasteiger partial charge in [0.2, 0.25) is 0 Å².